The molecule has 0 fully saturated rings. The molecule has 0 bridgehead atoms. The smallest absolute Gasteiger partial charge is 0.293 e. The van der Waals surface area contributed by atoms with E-state index in [1.807, 2.05) is 6.92 Å². The summed E-state index contributed by atoms with van der Waals surface area (Å²) in [6.07, 6.45) is 0. The number of nitro groups is 1. The van der Waals surface area contributed by atoms with Gasteiger partial charge < -0.3 is 5.32 Å². The second-order valence-corrected chi connectivity index (χ2v) is 6.55. The van der Waals surface area contributed by atoms with Gasteiger partial charge in [-0.3, -0.25) is 10.1 Å². The van der Waals surface area contributed by atoms with Gasteiger partial charge in [-0.2, -0.15) is 0 Å². The first-order chi connectivity index (χ1) is 9.38. The molecule has 6 heteroatoms. The van der Waals surface area contributed by atoms with Crippen LogP contribution in [0.5, 0.6) is 0 Å². The number of halogens is 1. The average Bonchev–Trinajstić information content (AvgIpc) is 2.70. The second-order valence-electron chi connectivity index (χ2n) is 4.65. The van der Waals surface area contributed by atoms with Gasteiger partial charge in [-0.05, 0) is 44.5 Å². The van der Waals surface area contributed by atoms with E-state index in [0.717, 1.165) is 5.56 Å². The van der Waals surface area contributed by atoms with Crippen molar-refractivity contribution >= 4 is 34.3 Å². The first-order valence-electron chi connectivity index (χ1n) is 6.16. The fraction of sp³-hybridized carbons (Fsp3) is 0.286. The van der Waals surface area contributed by atoms with Gasteiger partial charge in [0, 0.05) is 26.9 Å². The van der Waals surface area contributed by atoms with Crippen LogP contribution >= 0.6 is 22.9 Å². The third-order valence-corrected chi connectivity index (χ3v) is 4.29. The summed E-state index contributed by atoms with van der Waals surface area (Å²) >= 11 is 7.54. The minimum absolute atomic E-state index is 0.000162. The van der Waals surface area contributed by atoms with Gasteiger partial charge in [0.1, 0.15) is 5.69 Å². The molecule has 1 aromatic heterocycles. The van der Waals surface area contributed by atoms with Crippen molar-refractivity contribution in [1.82, 2.24) is 0 Å². The lowest BCUT2D eigenvalue weighted by molar-refractivity contribution is -0.384. The molecule has 106 valence electrons. The van der Waals surface area contributed by atoms with Crippen LogP contribution in [0.2, 0.25) is 5.02 Å². The largest absolute Gasteiger partial charge is 0.373 e. The van der Waals surface area contributed by atoms with Crippen molar-refractivity contribution in [2.75, 3.05) is 5.32 Å². The molecule has 1 atom stereocenters. The highest BCUT2D eigenvalue weighted by Gasteiger charge is 2.18. The third-order valence-electron chi connectivity index (χ3n) is 3.07. The molecule has 1 N–H and O–H groups in total. The number of benzene rings is 1. The van der Waals surface area contributed by atoms with E-state index in [1.54, 1.807) is 23.5 Å². The molecule has 0 saturated heterocycles. The Hall–Kier alpha value is -1.59. The van der Waals surface area contributed by atoms with E-state index in [9.17, 15) is 10.1 Å². The monoisotopic (exact) mass is 310 g/mol. The summed E-state index contributed by atoms with van der Waals surface area (Å²) in [6.45, 7) is 6.10. The molecule has 0 amide bonds. The molecule has 0 saturated carbocycles. The Morgan fingerprint density at radius 1 is 1.35 bits per heavy atom. The fourth-order valence-electron chi connectivity index (χ4n) is 2.17. The summed E-state index contributed by atoms with van der Waals surface area (Å²) in [6, 6.07) is 6.77. The van der Waals surface area contributed by atoms with Crippen molar-refractivity contribution in [2.24, 2.45) is 0 Å². The summed E-state index contributed by atoms with van der Waals surface area (Å²) in [7, 11) is 0. The number of rotatable bonds is 4. The van der Waals surface area contributed by atoms with Crippen LogP contribution in [0.15, 0.2) is 24.3 Å². The van der Waals surface area contributed by atoms with Gasteiger partial charge in [0.05, 0.1) is 4.92 Å². The van der Waals surface area contributed by atoms with Crippen molar-refractivity contribution < 1.29 is 4.92 Å². The van der Waals surface area contributed by atoms with Crippen LogP contribution in [-0.2, 0) is 0 Å². The molecule has 2 rings (SSSR count). The Kier molecular flexibility index (Phi) is 4.30. The maximum absolute atomic E-state index is 11.1. The second kappa shape index (κ2) is 5.81. The topological polar surface area (TPSA) is 55.2 Å². The highest BCUT2D eigenvalue weighted by atomic mass is 35.5. The van der Waals surface area contributed by atoms with E-state index in [4.69, 9.17) is 11.6 Å². The van der Waals surface area contributed by atoms with Crippen LogP contribution in [0.3, 0.4) is 0 Å². The molecule has 0 aliphatic heterocycles. The highest BCUT2D eigenvalue weighted by molar-refractivity contribution is 7.12. The first-order valence-corrected chi connectivity index (χ1v) is 7.35. The van der Waals surface area contributed by atoms with Crippen molar-refractivity contribution in [2.45, 2.75) is 26.8 Å². The predicted octanol–water partition coefficient (Wildman–Crippen LogP) is 5.10. The number of anilines is 1. The summed E-state index contributed by atoms with van der Waals surface area (Å²) in [5.41, 5.74) is 1.64. The fourth-order valence-corrected chi connectivity index (χ4v) is 3.36. The van der Waals surface area contributed by atoms with Crippen LogP contribution in [0.25, 0.3) is 0 Å². The lowest BCUT2D eigenvalue weighted by Crippen LogP contribution is -2.08. The predicted molar refractivity (Wildman–Crippen MR) is 83.9 cm³/mol. The summed E-state index contributed by atoms with van der Waals surface area (Å²) in [5, 5.41) is 14.6. The molecule has 2 aromatic rings. The lowest BCUT2D eigenvalue weighted by Gasteiger charge is -2.15. The van der Waals surface area contributed by atoms with Crippen LogP contribution in [0.4, 0.5) is 11.4 Å². The number of aryl methyl sites for hydroxylation is 2. The molecule has 1 aromatic carbocycles. The van der Waals surface area contributed by atoms with Gasteiger partial charge in [-0.25, -0.2) is 0 Å². The zero-order chi connectivity index (χ0) is 14.9. The van der Waals surface area contributed by atoms with Gasteiger partial charge in [0.2, 0.25) is 0 Å². The number of hydrogen-bond acceptors (Lipinski definition) is 4. The van der Waals surface area contributed by atoms with Crippen molar-refractivity contribution in [3.8, 4) is 0 Å². The molecule has 1 heterocycles. The number of nitrogens with zero attached hydrogens (tertiary/aromatic N) is 1. The zero-order valence-electron chi connectivity index (χ0n) is 11.4. The van der Waals surface area contributed by atoms with Gasteiger partial charge in [0.15, 0.2) is 0 Å². The van der Waals surface area contributed by atoms with E-state index in [-0.39, 0.29) is 11.7 Å². The van der Waals surface area contributed by atoms with Gasteiger partial charge >= 0.3 is 0 Å². The average molecular weight is 311 g/mol. The number of thiophene rings is 1. The Morgan fingerprint density at radius 2 is 2.05 bits per heavy atom. The molecule has 0 aliphatic carbocycles. The van der Waals surface area contributed by atoms with Crippen molar-refractivity contribution in [3.63, 3.8) is 0 Å². The van der Waals surface area contributed by atoms with Crippen LogP contribution in [0.1, 0.15) is 28.3 Å². The lowest BCUT2D eigenvalue weighted by atomic mass is 10.1. The quantitative estimate of drug-likeness (QED) is 0.631. The maximum Gasteiger partial charge on any atom is 0.293 e. The molecule has 1 unspecified atom stereocenters. The maximum atomic E-state index is 11.1. The van der Waals surface area contributed by atoms with Gasteiger partial charge in [0.25, 0.3) is 5.69 Å². The minimum atomic E-state index is -0.424. The molecule has 0 radical (unpaired) electrons. The van der Waals surface area contributed by atoms with Crippen molar-refractivity contribution in [3.05, 3.63) is 54.7 Å². The highest BCUT2D eigenvalue weighted by Crippen LogP contribution is 2.33. The van der Waals surface area contributed by atoms with Crippen molar-refractivity contribution in [1.29, 1.82) is 0 Å². The van der Waals surface area contributed by atoms with Gasteiger partial charge in [-0.15, -0.1) is 11.3 Å². The number of nitrogens with one attached hydrogen (secondary N) is 1. The summed E-state index contributed by atoms with van der Waals surface area (Å²) < 4.78 is 0. The molecule has 20 heavy (non-hydrogen) atoms. The van der Waals surface area contributed by atoms with Crippen LogP contribution in [-0.4, -0.2) is 4.92 Å². The molecular weight excluding hydrogens is 296 g/mol. The first kappa shape index (κ1) is 14.8. The van der Waals surface area contributed by atoms with Crippen LogP contribution < -0.4 is 5.32 Å². The standard InChI is InChI=1S/C14H15ClN2O2S/c1-8-6-12(10(3)20-8)9(2)16-13-5-4-11(15)7-14(13)17(18)19/h4-7,9,16H,1-3H3. The van der Waals surface area contributed by atoms with E-state index < -0.39 is 4.92 Å². The van der Waals surface area contributed by atoms with E-state index in [0.29, 0.717) is 10.7 Å². The molecule has 0 aliphatic rings. The Morgan fingerprint density at radius 3 is 2.60 bits per heavy atom. The molecular formula is C14H15ClN2O2S. The van der Waals surface area contributed by atoms with E-state index >= 15 is 0 Å². The van der Waals surface area contributed by atoms with Gasteiger partial charge in [-0.1, -0.05) is 11.6 Å². The molecule has 0 spiro atoms. The SMILES string of the molecule is Cc1cc(C(C)Nc2ccc(Cl)cc2[N+](=O)[O-])c(C)s1. The Balaban J connectivity index is 2.30. The minimum Gasteiger partial charge on any atom is -0.373 e. The summed E-state index contributed by atoms with van der Waals surface area (Å²) in [5.74, 6) is 0. The van der Waals surface area contributed by atoms with Crippen LogP contribution in [0, 0.1) is 24.0 Å². The van der Waals surface area contributed by atoms with E-state index in [1.165, 1.54) is 15.8 Å². The number of nitro benzene ring substituents is 1. The molecule has 4 nitrogen and oxygen atoms in total. The Bertz CT molecular complexity index is 655. The number of hydrogen-bond donors (Lipinski definition) is 1. The third kappa shape index (κ3) is 3.11. The normalized spacial score (nSPS) is 12.2. The Labute approximate surface area is 126 Å². The summed E-state index contributed by atoms with van der Waals surface area (Å²) in [4.78, 5) is 13.1. The van der Waals surface area contributed by atoms with E-state index in [2.05, 4.69) is 25.2 Å². The zero-order valence-corrected chi connectivity index (χ0v) is 13.0.